The van der Waals surface area contributed by atoms with Gasteiger partial charge in [-0.15, -0.1) is 5.14 Å². The van der Waals surface area contributed by atoms with Crippen LogP contribution in [0.3, 0.4) is 0 Å². The van der Waals surface area contributed by atoms with E-state index in [1.165, 1.54) is 0 Å². The second-order valence-corrected chi connectivity index (χ2v) is 2.74. The van der Waals surface area contributed by atoms with Crippen LogP contribution in [-0.4, -0.2) is 20.1 Å². The zero-order chi connectivity index (χ0) is 6.78. The van der Waals surface area contributed by atoms with Crippen molar-refractivity contribution in [1.29, 1.82) is 0 Å². The molecule has 0 fully saturated rings. The van der Waals surface area contributed by atoms with E-state index in [1.54, 1.807) is 0 Å². The Kier molecular flexibility index (Phi) is 1.94. The highest BCUT2D eigenvalue weighted by atomic mass is 32.2. The quantitative estimate of drug-likeness (QED) is 0.480. The van der Waals surface area contributed by atoms with Crippen LogP contribution in [0.4, 0.5) is 0 Å². The summed E-state index contributed by atoms with van der Waals surface area (Å²) in [6, 6.07) is 0. The van der Waals surface area contributed by atoms with Crippen molar-refractivity contribution in [3.8, 4) is 0 Å². The molecule has 8 heavy (non-hydrogen) atoms. The van der Waals surface area contributed by atoms with Crippen molar-refractivity contribution in [1.82, 2.24) is 5.14 Å². The minimum Gasteiger partial charge on any atom is -0.369 e. The second-order valence-electron chi connectivity index (χ2n) is 1.23. The van der Waals surface area contributed by atoms with Crippen molar-refractivity contribution >= 4 is 15.9 Å². The Morgan fingerprint density at radius 3 is 2.00 bits per heavy atom. The van der Waals surface area contributed by atoms with Gasteiger partial charge in [-0.25, -0.2) is 8.42 Å². The number of amides is 1. The van der Waals surface area contributed by atoms with Gasteiger partial charge in [0.1, 0.15) is 5.75 Å². The van der Waals surface area contributed by atoms with Crippen molar-refractivity contribution in [3.63, 3.8) is 0 Å². The molecule has 0 bridgehead atoms. The van der Waals surface area contributed by atoms with E-state index >= 15 is 0 Å². The van der Waals surface area contributed by atoms with Crippen LogP contribution in [0.2, 0.25) is 0 Å². The van der Waals surface area contributed by atoms with Crippen molar-refractivity contribution in [2.45, 2.75) is 0 Å². The Labute approximate surface area is 46.7 Å². The fraction of sp³-hybridized carbons (Fsp3) is 0.500. The second kappa shape index (κ2) is 2.10. The van der Waals surface area contributed by atoms with Crippen molar-refractivity contribution in [2.75, 3.05) is 5.75 Å². The summed E-state index contributed by atoms with van der Waals surface area (Å²) >= 11 is 0. The molecular weight excluding hydrogens is 132 g/mol. The van der Waals surface area contributed by atoms with Crippen LogP contribution >= 0.6 is 0 Å². The van der Waals surface area contributed by atoms with Crippen LogP contribution in [0, 0.1) is 0 Å². The lowest BCUT2D eigenvalue weighted by atomic mass is 10.8. The maximum absolute atomic E-state index is 9.81. The van der Waals surface area contributed by atoms with Gasteiger partial charge in [0.05, 0.1) is 0 Å². The maximum Gasteiger partial charge on any atom is 0.234 e. The van der Waals surface area contributed by atoms with Gasteiger partial charge in [-0.05, 0) is 0 Å². The van der Waals surface area contributed by atoms with Crippen molar-refractivity contribution < 1.29 is 13.2 Å². The summed E-state index contributed by atoms with van der Waals surface area (Å²) in [5, 5.41) is 6.13. The number of rotatable bonds is 2. The average molecular weight is 137 g/mol. The number of sulfonamides is 1. The SMILES string of the molecule is [NH]S(=O)(=O)CC(N)=O. The molecule has 0 unspecified atom stereocenters. The van der Waals surface area contributed by atoms with Crippen molar-refractivity contribution in [3.05, 3.63) is 0 Å². The molecule has 0 atom stereocenters. The lowest BCUT2D eigenvalue weighted by Crippen LogP contribution is -2.23. The number of carbonyl (C=O) groups is 1. The Bertz CT molecular complexity index is 181. The fourth-order valence-electron chi connectivity index (χ4n) is 0.187. The molecule has 1 radical (unpaired) electrons. The molecule has 0 saturated carbocycles. The normalized spacial score (nSPS) is 11.1. The molecule has 0 aromatic carbocycles. The van der Waals surface area contributed by atoms with Gasteiger partial charge in [-0.2, -0.15) is 0 Å². The third-order valence-electron chi connectivity index (χ3n) is 0.332. The van der Waals surface area contributed by atoms with E-state index in [0.717, 1.165) is 0 Å². The molecule has 3 N–H and O–H groups in total. The van der Waals surface area contributed by atoms with Gasteiger partial charge in [0.2, 0.25) is 15.9 Å². The summed E-state index contributed by atoms with van der Waals surface area (Å²) in [6.07, 6.45) is 0. The first-order chi connectivity index (χ1) is 3.42. The van der Waals surface area contributed by atoms with Crippen LogP contribution in [0.15, 0.2) is 0 Å². The zero-order valence-electron chi connectivity index (χ0n) is 3.92. The number of nitrogens with one attached hydrogen (secondary N) is 1. The summed E-state index contributed by atoms with van der Waals surface area (Å²) in [6.45, 7) is 0. The molecule has 0 heterocycles. The van der Waals surface area contributed by atoms with E-state index in [9.17, 15) is 13.2 Å². The van der Waals surface area contributed by atoms with E-state index in [4.69, 9.17) is 5.14 Å². The molecule has 0 aromatic heterocycles. The minimum atomic E-state index is -3.95. The van der Waals surface area contributed by atoms with E-state index in [-0.39, 0.29) is 0 Å². The van der Waals surface area contributed by atoms with E-state index in [2.05, 4.69) is 5.73 Å². The van der Waals surface area contributed by atoms with E-state index in [1.807, 2.05) is 0 Å². The van der Waals surface area contributed by atoms with Crippen molar-refractivity contribution in [2.24, 2.45) is 5.73 Å². The van der Waals surface area contributed by atoms with Crippen LogP contribution in [0.1, 0.15) is 0 Å². The predicted octanol–water partition coefficient (Wildman–Crippen LogP) is -1.92. The van der Waals surface area contributed by atoms with E-state index in [0.29, 0.717) is 0 Å². The lowest BCUT2D eigenvalue weighted by Gasteiger charge is -1.86. The summed E-state index contributed by atoms with van der Waals surface area (Å²) in [4.78, 5) is 9.74. The standard InChI is InChI=1S/C2H5N2O3S/c3-2(5)1-8(4,6)7/h4H,1H2,(H2,3,5). The van der Waals surface area contributed by atoms with Crippen LogP contribution < -0.4 is 10.9 Å². The topological polar surface area (TPSA) is 101 Å². The number of primary amides is 1. The third kappa shape index (κ3) is 5.38. The van der Waals surface area contributed by atoms with Gasteiger partial charge in [-0.1, -0.05) is 0 Å². The molecule has 47 valence electrons. The third-order valence-corrected chi connectivity index (χ3v) is 0.997. The highest BCUT2D eigenvalue weighted by Gasteiger charge is 2.06. The van der Waals surface area contributed by atoms with Crippen LogP contribution in [0.5, 0.6) is 0 Å². The largest absolute Gasteiger partial charge is 0.369 e. The number of hydrogen-bond donors (Lipinski definition) is 1. The van der Waals surface area contributed by atoms with Gasteiger partial charge in [-0.3, -0.25) is 4.79 Å². The Balaban J connectivity index is 3.95. The lowest BCUT2D eigenvalue weighted by molar-refractivity contribution is -0.115. The minimum absolute atomic E-state index is 0.896. The summed E-state index contributed by atoms with van der Waals surface area (Å²) in [5.41, 5.74) is 4.44. The molecule has 0 spiro atoms. The molecule has 6 heteroatoms. The summed E-state index contributed by atoms with van der Waals surface area (Å²) in [5.74, 6) is -1.90. The first-order valence-corrected chi connectivity index (χ1v) is 3.32. The van der Waals surface area contributed by atoms with Gasteiger partial charge in [0.15, 0.2) is 0 Å². The summed E-state index contributed by atoms with van der Waals surface area (Å²) in [7, 11) is -3.95. The fourth-order valence-corrected chi connectivity index (χ4v) is 0.562. The first-order valence-electron chi connectivity index (χ1n) is 1.67. The highest BCUT2D eigenvalue weighted by molar-refractivity contribution is 7.89. The Morgan fingerprint density at radius 2 is 2.00 bits per heavy atom. The molecule has 0 aliphatic rings. The van der Waals surface area contributed by atoms with Gasteiger partial charge >= 0.3 is 0 Å². The van der Waals surface area contributed by atoms with E-state index < -0.39 is 21.7 Å². The molecule has 1 amide bonds. The maximum atomic E-state index is 9.81. The first kappa shape index (κ1) is 7.38. The zero-order valence-corrected chi connectivity index (χ0v) is 4.73. The van der Waals surface area contributed by atoms with Gasteiger partial charge in [0, 0.05) is 0 Å². The highest BCUT2D eigenvalue weighted by Crippen LogP contribution is 1.75. The molecule has 0 rings (SSSR count). The van der Waals surface area contributed by atoms with Crippen LogP contribution in [-0.2, 0) is 14.8 Å². The average Bonchev–Trinajstić information content (AvgIpc) is 1.21. The number of hydrogen-bond acceptors (Lipinski definition) is 3. The Morgan fingerprint density at radius 1 is 1.62 bits per heavy atom. The van der Waals surface area contributed by atoms with Gasteiger partial charge in [0.25, 0.3) is 0 Å². The number of nitrogens with two attached hydrogens (primary N) is 1. The molecular formula is C2H5N2O3S. The predicted molar refractivity (Wildman–Crippen MR) is 26.1 cm³/mol. The molecule has 0 aliphatic carbocycles. The summed E-state index contributed by atoms with van der Waals surface area (Å²) < 4.78 is 19.6. The van der Waals surface area contributed by atoms with Crippen LogP contribution in [0.25, 0.3) is 0 Å². The monoisotopic (exact) mass is 137 g/mol. The Hall–Kier alpha value is -0.620. The molecule has 0 aromatic rings. The molecule has 0 saturated heterocycles. The smallest absolute Gasteiger partial charge is 0.234 e. The molecule has 0 aliphatic heterocycles. The number of carbonyl (C=O) groups excluding carboxylic acids is 1. The molecule has 5 nitrogen and oxygen atoms in total. The van der Waals surface area contributed by atoms with Gasteiger partial charge < -0.3 is 5.73 Å².